The fraction of sp³-hybridized carbons (Fsp3) is 0.391. The minimum atomic E-state index is -0.450. The third kappa shape index (κ3) is 5.87. The molecule has 1 fully saturated rings. The van der Waals surface area contributed by atoms with E-state index in [1.807, 2.05) is 17.0 Å². The van der Waals surface area contributed by atoms with E-state index in [0.29, 0.717) is 25.3 Å². The molecule has 2 amide bonds. The molecule has 3 rings (SSSR count). The average molecular weight is 397 g/mol. The molecule has 0 aromatic heterocycles. The van der Waals surface area contributed by atoms with Crippen molar-refractivity contribution in [1.82, 2.24) is 4.90 Å². The van der Waals surface area contributed by atoms with Gasteiger partial charge in [0.2, 0.25) is 5.91 Å². The smallest absolute Gasteiger partial charge is 0.255 e. The average Bonchev–Trinajstić information content (AvgIpc) is 3.53. The standard InChI is InChI=1S/C23H28FN3O2/c1-23(2,14-25)15-27(22(29)17-8-9-17)13-16-6-10-20(11-7-16)26-21(28)18-4-3-5-19(24)12-18/h3-7,10-12,17H,8-9,13-15,25H2,1-2H3,(H,26,28). The molecule has 29 heavy (non-hydrogen) atoms. The zero-order valence-electron chi connectivity index (χ0n) is 17.0. The zero-order valence-corrected chi connectivity index (χ0v) is 17.0. The number of nitrogens with one attached hydrogen (secondary N) is 1. The number of amides is 2. The van der Waals surface area contributed by atoms with Gasteiger partial charge in [-0.15, -0.1) is 0 Å². The highest BCUT2D eigenvalue weighted by Crippen LogP contribution is 2.32. The van der Waals surface area contributed by atoms with Gasteiger partial charge in [0.25, 0.3) is 5.91 Å². The first-order valence-electron chi connectivity index (χ1n) is 9.92. The van der Waals surface area contributed by atoms with Crippen LogP contribution in [0.15, 0.2) is 48.5 Å². The van der Waals surface area contributed by atoms with Gasteiger partial charge in [-0.1, -0.05) is 32.0 Å². The van der Waals surface area contributed by atoms with Crippen LogP contribution in [0.5, 0.6) is 0 Å². The summed E-state index contributed by atoms with van der Waals surface area (Å²) in [5.74, 6) is -0.482. The molecule has 0 atom stereocenters. The van der Waals surface area contributed by atoms with Crippen molar-refractivity contribution in [2.45, 2.75) is 33.2 Å². The maximum Gasteiger partial charge on any atom is 0.255 e. The first-order chi connectivity index (χ1) is 13.8. The molecule has 0 bridgehead atoms. The lowest BCUT2D eigenvalue weighted by Gasteiger charge is -2.32. The van der Waals surface area contributed by atoms with Crippen LogP contribution < -0.4 is 11.1 Å². The SMILES string of the molecule is CC(C)(CN)CN(Cc1ccc(NC(=O)c2cccc(F)c2)cc1)C(=O)C1CC1. The Labute approximate surface area is 171 Å². The minimum absolute atomic E-state index is 0.147. The van der Waals surface area contributed by atoms with Crippen molar-refractivity contribution in [2.24, 2.45) is 17.1 Å². The van der Waals surface area contributed by atoms with Crippen LogP contribution >= 0.6 is 0 Å². The number of nitrogens with two attached hydrogens (primary N) is 1. The number of hydrogen-bond donors (Lipinski definition) is 2. The second-order valence-corrected chi connectivity index (χ2v) is 8.50. The molecule has 0 aliphatic heterocycles. The summed E-state index contributed by atoms with van der Waals surface area (Å²) in [5, 5.41) is 2.76. The first-order valence-corrected chi connectivity index (χ1v) is 9.92. The third-order valence-electron chi connectivity index (χ3n) is 5.08. The lowest BCUT2D eigenvalue weighted by atomic mass is 9.92. The number of carbonyl (C=O) groups excluding carboxylic acids is 2. The topological polar surface area (TPSA) is 75.4 Å². The highest BCUT2D eigenvalue weighted by Gasteiger charge is 2.35. The Morgan fingerprint density at radius 1 is 1.17 bits per heavy atom. The molecule has 2 aromatic rings. The molecule has 0 radical (unpaired) electrons. The zero-order chi connectivity index (χ0) is 21.0. The number of benzene rings is 2. The molecule has 2 aromatic carbocycles. The molecule has 0 saturated heterocycles. The van der Waals surface area contributed by atoms with Gasteiger partial charge in [0.1, 0.15) is 5.82 Å². The third-order valence-corrected chi connectivity index (χ3v) is 5.08. The van der Waals surface area contributed by atoms with Gasteiger partial charge < -0.3 is 16.0 Å². The molecular formula is C23H28FN3O2. The maximum absolute atomic E-state index is 13.3. The van der Waals surface area contributed by atoms with E-state index in [4.69, 9.17) is 5.73 Å². The van der Waals surface area contributed by atoms with E-state index in [1.54, 1.807) is 18.2 Å². The summed E-state index contributed by atoms with van der Waals surface area (Å²) in [7, 11) is 0. The molecular weight excluding hydrogens is 369 g/mol. The Balaban J connectivity index is 1.66. The number of hydrogen-bond acceptors (Lipinski definition) is 3. The van der Waals surface area contributed by atoms with Crippen LogP contribution in [0.3, 0.4) is 0 Å². The van der Waals surface area contributed by atoms with E-state index >= 15 is 0 Å². The predicted octanol–water partition coefficient (Wildman–Crippen LogP) is 3.80. The van der Waals surface area contributed by atoms with Crippen molar-refractivity contribution >= 4 is 17.5 Å². The van der Waals surface area contributed by atoms with Gasteiger partial charge in [-0.25, -0.2) is 4.39 Å². The molecule has 0 heterocycles. The van der Waals surface area contributed by atoms with Crippen LogP contribution in [0.1, 0.15) is 42.6 Å². The number of halogens is 1. The fourth-order valence-electron chi connectivity index (χ4n) is 3.13. The largest absolute Gasteiger partial charge is 0.338 e. The molecule has 1 aliphatic carbocycles. The molecule has 5 nitrogen and oxygen atoms in total. The van der Waals surface area contributed by atoms with Crippen molar-refractivity contribution < 1.29 is 14.0 Å². The highest BCUT2D eigenvalue weighted by atomic mass is 19.1. The number of anilines is 1. The van der Waals surface area contributed by atoms with Gasteiger partial charge in [0.05, 0.1) is 0 Å². The molecule has 0 spiro atoms. The molecule has 154 valence electrons. The van der Waals surface area contributed by atoms with Crippen molar-refractivity contribution in [3.8, 4) is 0 Å². The summed E-state index contributed by atoms with van der Waals surface area (Å²) in [5.41, 5.74) is 7.57. The van der Waals surface area contributed by atoms with Gasteiger partial charge in [-0.05, 0) is 60.7 Å². The predicted molar refractivity (Wildman–Crippen MR) is 112 cm³/mol. The summed E-state index contributed by atoms with van der Waals surface area (Å²) in [6.07, 6.45) is 1.92. The highest BCUT2D eigenvalue weighted by molar-refractivity contribution is 6.04. The van der Waals surface area contributed by atoms with Gasteiger partial charge in [0.15, 0.2) is 0 Å². The van der Waals surface area contributed by atoms with Crippen molar-refractivity contribution in [2.75, 3.05) is 18.4 Å². The lowest BCUT2D eigenvalue weighted by molar-refractivity contribution is -0.134. The van der Waals surface area contributed by atoms with Crippen LogP contribution in [0.4, 0.5) is 10.1 Å². The van der Waals surface area contributed by atoms with E-state index in [9.17, 15) is 14.0 Å². The maximum atomic E-state index is 13.3. The molecule has 6 heteroatoms. The Kier molecular flexibility index (Phi) is 6.33. The molecule has 1 saturated carbocycles. The summed E-state index contributed by atoms with van der Waals surface area (Å²) in [6, 6.07) is 12.9. The molecule has 1 aliphatic rings. The first kappa shape index (κ1) is 21.0. The minimum Gasteiger partial charge on any atom is -0.338 e. The monoisotopic (exact) mass is 397 g/mol. The van der Waals surface area contributed by atoms with Gasteiger partial charge in [0, 0.05) is 30.3 Å². The van der Waals surface area contributed by atoms with E-state index in [1.165, 1.54) is 18.2 Å². The number of nitrogens with zero attached hydrogens (tertiary/aromatic N) is 1. The second-order valence-electron chi connectivity index (χ2n) is 8.50. The quantitative estimate of drug-likeness (QED) is 0.711. The van der Waals surface area contributed by atoms with Crippen LogP contribution in [0, 0.1) is 17.2 Å². The summed E-state index contributed by atoms with van der Waals surface area (Å²) in [4.78, 5) is 26.8. The van der Waals surface area contributed by atoms with Crippen LogP contribution in [0.2, 0.25) is 0 Å². The van der Waals surface area contributed by atoms with Gasteiger partial charge in [-0.2, -0.15) is 0 Å². The Morgan fingerprint density at radius 3 is 2.45 bits per heavy atom. The van der Waals surface area contributed by atoms with Crippen LogP contribution in [-0.4, -0.2) is 29.8 Å². The lowest BCUT2D eigenvalue weighted by Crippen LogP contribution is -2.42. The van der Waals surface area contributed by atoms with Crippen LogP contribution in [-0.2, 0) is 11.3 Å². The van der Waals surface area contributed by atoms with Crippen LogP contribution in [0.25, 0.3) is 0 Å². The number of rotatable bonds is 8. The summed E-state index contributed by atoms with van der Waals surface area (Å²) in [6.45, 7) is 5.75. The second kappa shape index (κ2) is 8.74. The van der Waals surface area contributed by atoms with Gasteiger partial charge >= 0.3 is 0 Å². The number of carbonyl (C=O) groups is 2. The normalized spacial score (nSPS) is 13.8. The Bertz CT molecular complexity index is 876. The van der Waals surface area contributed by atoms with Crippen molar-refractivity contribution in [1.29, 1.82) is 0 Å². The van der Waals surface area contributed by atoms with Crippen molar-refractivity contribution in [3.63, 3.8) is 0 Å². The van der Waals surface area contributed by atoms with E-state index in [2.05, 4.69) is 19.2 Å². The van der Waals surface area contributed by atoms with Crippen molar-refractivity contribution in [3.05, 3.63) is 65.5 Å². The Morgan fingerprint density at radius 2 is 1.86 bits per heavy atom. The Hall–Kier alpha value is -2.73. The fourth-order valence-corrected chi connectivity index (χ4v) is 3.13. The summed E-state index contributed by atoms with van der Waals surface area (Å²) >= 11 is 0. The van der Waals surface area contributed by atoms with E-state index in [0.717, 1.165) is 18.4 Å². The van der Waals surface area contributed by atoms with E-state index in [-0.39, 0.29) is 28.7 Å². The summed E-state index contributed by atoms with van der Waals surface area (Å²) < 4.78 is 13.3. The van der Waals surface area contributed by atoms with Gasteiger partial charge in [-0.3, -0.25) is 9.59 Å². The molecule has 3 N–H and O–H groups in total. The molecule has 0 unspecified atom stereocenters. The van der Waals surface area contributed by atoms with E-state index < -0.39 is 5.82 Å².